The molecule has 0 radical (unpaired) electrons. The van der Waals surface area contributed by atoms with Crippen LogP contribution in [0, 0.1) is 13.8 Å². The van der Waals surface area contributed by atoms with Crippen LogP contribution in [0.15, 0.2) is 12.1 Å². The summed E-state index contributed by atoms with van der Waals surface area (Å²) in [5, 5.41) is 4.84. The second-order valence-corrected chi connectivity index (χ2v) is 5.59. The van der Waals surface area contributed by atoms with E-state index in [2.05, 4.69) is 42.9 Å². The molecule has 102 valence electrons. The van der Waals surface area contributed by atoms with Gasteiger partial charge in [-0.3, -0.25) is 0 Å². The van der Waals surface area contributed by atoms with Crippen molar-refractivity contribution in [2.75, 3.05) is 20.2 Å². The van der Waals surface area contributed by atoms with E-state index in [0.29, 0.717) is 5.92 Å². The van der Waals surface area contributed by atoms with Crippen molar-refractivity contribution in [1.29, 1.82) is 0 Å². The molecule has 1 unspecified atom stereocenters. The van der Waals surface area contributed by atoms with Gasteiger partial charge in [-0.2, -0.15) is 0 Å². The zero-order valence-electron chi connectivity index (χ0n) is 12.2. The summed E-state index contributed by atoms with van der Waals surface area (Å²) in [6, 6.07) is 4.32. The molecular formula is C16H22N2O. The quantitative estimate of drug-likeness (QED) is 0.896. The zero-order chi connectivity index (χ0) is 13.6. The van der Waals surface area contributed by atoms with Crippen LogP contribution in [0.25, 0.3) is 10.9 Å². The lowest BCUT2D eigenvalue weighted by Crippen LogP contribution is -2.08. The Morgan fingerprint density at radius 3 is 2.74 bits per heavy atom. The van der Waals surface area contributed by atoms with Crippen LogP contribution < -0.4 is 10.1 Å². The Hall–Kier alpha value is -1.48. The monoisotopic (exact) mass is 258 g/mol. The summed E-state index contributed by atoms with van der Waals surface area (Å²) in [6.45, 7) is 6.63. The van der Waals surface area contributed by atoms with Crippen molar-refractivity contribution in [1.82, 2.24) is 9.88 Å². The molecule has 0 bridgehead atoms. The van der Waals surface area contributed by atoms with Gasteiger partial charge in [0.15, 0.2) is 0 Å². The summed E-state index contributed by atoms with van der Waals surface area (Å²) < 4.78 is 7.78. The fourth-order valence-electron chi connectivity index (χ4n) is 3.47. The molecule has 0 amide bonds. The third-order valence-electron chi connectivity index (χ3n) is 4.50. The third kappa shape index (κ3) is 1.84. The maximum atomic E-state index is 5.45. The largest absolute Gasteiger partial charge is 0.497 e. The molecule has 3 heteroatoms. The molecule has 1 N–H and O–H groups in total. The van der Waals surface area contributed by atoms with E-state index in [-0.39, 0.29) is 0 Å². The molecule has 0 aliphatic carbocycles. The standard InChI is InChI=1S/C16H22N2O/c1-10-7-13(19-4)8-14-15(12-5-6-17-9-12)11(2)18(3)16(10)14/h7-8,12,17H,5-6,9H2,1-4H3. The second kappa shape index (κ2) is 4.57. The van der Waals surface area contributed by atoms with Gasteiger partial charge in [0, 0.05) is 24.7 Å². The van der Waals surface area contributed by atoms with E-state index in [4.69, 9.17) is 4.74 Å². The predicted octanol–water partition coefficient (Wildman–Crippen LogP) is 2.88. The third-order valence-corrected chi connectivity index (χ3v) is 4.50. The number of nitrogens with zero attached hydrogens (tertiary/aromatic N) is 1. The predicted molar refractivity (Wildman–Crippen MR) is 79.2 cm³/mol. The Morgan fingerprint density at radius 1 is 1.32 bits per heavy atom. The van der Waals surface area contributed by atoms with Crippen LogP contribution in [0.4, 0.5) is 0 Å². The molecule has 3 rings (SSSR count). The van der Waals surface area contributed by atoms with Gasteiger partial charge in [0.05, 0.1) is 12.6 Å². The van der Waals surface area contributed by atoms with Gasteiger partial charge in [0.2, 0.25) is 0 Å². The van der Waals surface area contributed by atoms with Crippen molar-refractivity contribution < 1.29 is 4.74 Å². The summed E-state index contributed by atoms with van der Waals surface area (Å²) in [4.78, 5) is 0. The van der Waals surface area contributed by atoms with Crippen molar-refractivity contribution >= 4 is 10.9 Å². The Labute approximate surface area is 114 Å². The molecular weight excluding hydrogens is 236 g/mol. The van der Waals surface area contributed by atoms with Gasteiger partial charge in [0.1, 0.15) is 5.75 Å². The fraction of sp³-hybridized carbons (Fsp3) is 0.500. The molecule has 1 aromatic carbocycles. The minimum atomic E-state index is 0.634. The van der Waals surface area contributed by atoms with Crippen LogP contribution in [-0.2, 0) is 7.05 Å². The van der Waals surface area contributed by atoms with Gasteiger partial charge in [-0.1, -0.05) is 0 Å². The number of hydrogen-bond donors (Lipinski definition) is 1. The van der Waals surface area contributed by atoms with Crippen molar-refractivity contribution in [3.8, 4) is 5.75 Å². The number of benzene rings is 1. The van der Waals surface area contributed by atoms with Crippen molar-refractivity contribution in [2.45, 2.75) is 26.2 Å². The summed E-state index contributed by atoms with van der Waals surface area (Å²) in [6.07, 6.45) is 1.23. The van der Waals surface area contributed by atoms with Crippen molar-refractivity contribution in [2.24, 2.45) is 7.05 Å². The molecule has 2 heterocycles. The van der Waals surface area contributed by atoms with Crippen LogP contribution in [0.1, 0.15) is 29.2 Å². The van der Waals surface area contributed by atoms with E-state index in [0.717, 1.165) is 18.8 Å². The van der Waals surface area contributed by atoms with Gasteiger partial charge in [-0.25, -0.2) is 0 Å². The van der Waals surface area contributed by atoms with E-state index in [1.807, 2.05) is 0 Å². The van der Waals surface area contributed by atoms with E-state index in [9.17, 15) is 0 Å². The summed E-state index contributed by atoms with van der Waals surface area (Å²) in [5.41, 5.74) is 5.53. The molecule has 1 fully saturated rings. The van der Waals surface area contributed by atoms with Gasteiger partial charge >= 0.3 is 0 Å². The highest BCUT2D eigenvalue weighted by atomic mass is 16.5. The Morgan fingerprint density at radius 2 is 2.11 bits per heavy atom. The molecule has 2 aromatic rings. The van der Waals surface area contributed by atoms with Crippen molar-refractivity contribution in [3.05, 3.63) is 29.0 Å². The van der Waals surface area contributed by atoms with Crippen LogP contribution in [0.2, 0.25) is 0 Å². The van der Waals surface area contributed by atoms with Crippen LogP contribution in [0.5, 0.6) is 5.75 Å². The van der Waals surface area contributed by atoms with Gasteiger partial charge in [-0.15, -0.1) is 0 Å². The summed E-state index contributed by atoms with van der Waals surface area (Å²) >= 11 is 0. The number of fused-ring (bicyclic) bond motifs is 1. The first-order valence-electron chi connectivity index (χ1n) is 6.97. The molecule has 1 aliphatic rings. The molecule has 3 nitrogen and oxygen atoms in total. The molecule has 0 saturated carbocycles. The second-order valence-electron chi connectivity index (χ2n) is 5.59. The lowest BCUT2D eigenvalue weighted by atomic mass is 9.94. The molecule has 19 heavy (non-hydrogen) atoms. The van der Waals surface area contributed by atoms with Gasteiger partial charge in [0.25, 0.3) is 0 Å². The molecule has 1 atom stereocenters. The van der Waals surface area contributed by atoms with E-state index >= 15 is 0 Å². The molecule has 1 saturated heterocycles. The number of nitrogens with one attached hydrogen (secondary N) is 1. The van der Waals surface area contributed by atoms with Crippen molar-refractivity contribution in [3.63, 3.8) is 0 Å². The normalized spacial score (nSPS) is 19.3. The van der Waals surface area contributed by atoms with Gasteiger partial charge < -0.3 is 14.6 Å². The van der Waals surface area contributed by atoms with Crippen LogP contribution in [0.3, 0.4) is 0 Å². The average Bonchev–Trinajstić information content (AvgIpc) is 2.98. The zero-order valence-corrected chi connectivity index (χ0v) is 12.2. The Bertz CT molecular complexity index is 621. The maximum Gasteiger partial charge on any atom is 0.119 e. The number of aryl methyl sites for hydroxylation is 2. The number of aromatic nitrogens is 1. The lowest BCUT2D eigenvalue weighted by molar-refractivity contribution is 0.415. The number of rotatable bonds is 2. The topological polar surface area (TPSA) is 26.2 Å². The Kier molecular flexibility index (Phi) is 3.02. The minimum absolute atomic E-state index is 0.634. The van der Waals surface area contributed by atoms with Crippen LogP contribution in [-0.4, -0.2) is 24.8 Å². The number of hydrogen-bond acceptors (Lipinski definition) is 2. The fourth-order valence-corrected chi connectivity index (χ4v) is 3.47. The molecule has 1 aliphatic heterocycles. The van der Waals surface area contributed by atoms with E-state index in [1.54, 1.807) is 7.11 Å². The smallest absolute Gasteiger partial charge is 0.119 e. The summed E-state index contributed by atoms with van der Waals surface area (Å²) in [5.74, 6) is 1.60. The molecule has 1 aromatic heterocycles. The maximum absolute atomic E-state index is 5.45. The first kappa shape index (κ1) is 12.5. The first-order chi connectivity index (χ1) is 9.13. The summed E-state index contributed by atoms with van der Waals surface area (Å²) in [7, 11) is 3.91. The van der Waals surface area contributed by atoms with Gasteiger partial charge in [-0.05, 0) is 56.0 Å². The highest BCUT2D eigenvalue weighted by Crippen LogP contribution is 2.37. The highest BCUT2D eigenvalue weighted by molar-refractivity contribution is 5.90. The van der Waals surface area contributed by atoms with Crippen LogP contribution >= 0.6 is 0 Å². The lowest BCUT2D eigenvalue weighted by Gasteiger charge is -2.10. The number of ether oxygens (including phenoxy) is 1. The number of methoxy groups -OCH3 is 1. The van der Waals surface area contributed by atoms with E-state index < -0.39 is 0 Å². The molecule has 0 spiro atoms. The Balaban J connectivity index is 2.30. The van der Waals surface area contributed by atoms with E-state index in [1.165, 1.54) is 34.1 Å². The highest BCUT2D eigenvalue weighted by Gasteiger charge is 2.24. The minimum Gasteiger partial charge on any atom is -0.497 e. The average molecular weight is 258 g/mol. The first-order valence-corrected chi connectivity index (χ1v) is 6.97. The SMILES string of the molecule is COc1cc(C)c2c(c1)c(C1CCNC1)c(C)n2C.